The highest BCUT2D eigenvalue weighted by atomic mass is 16.2. The van der Waals surface area contributed by atoms with Crippen molar-refractivity contribution >= 4 is 17.7 Å². The molecule has 0 aliphatic heterocycles. The highest BCUT2D eigenvalue weighted by Crippen LogP contribution is 2.24. The van der Waals surface area contributed by atoms with Gasteiger partial charge in [0.05, 0.1) is 0 Å². The van der Waals surface area contributed by atoms with E-state index in [0.717, 1.165) is 25.7 Å². The van der Waals surface area contributed by atoms with Gasteiger partial charge in [-0.05, 0) is 24.7 Å². The summed E-state index contributed by atoms with van der Waals surface area (Å²) in [7, 11) is 0. The molecule has 0 radical (unpaired) electrons. The van der Waals surface area contributed by atoms with E-state index < -0.39 is 6.04 Å². The Morgan fingerprint density at radius 1 is 0.957 bits per heavy atom. The third-order valence-electron chi connectivity index (χ3n) is 4.14. The van der Waals surface area contributed by atoms with E-state index in [1.54, 1.807) is 0 Å². The molecular formula is C17H31N3O3. The van der Waals surface area contributed by atoms with E-state index in [0.29, 0.717) is 6.42 Å². The third-order valence-corrected chi connectivity index (χ3v) is 4.14. The summed E-state index contributed by atoms with van der Waals surface area (Å²) < 4.78 is 0. The molecule has 1 aliphatic rings. The summed E-state index contributed by atoms with van der Waals surface area (Å²) >= 11 is 0. The van der Waals surface area contributed by atoms with Crippen LogP contribution in [0.5, 0.6) is 0 Å². The standard InChI is InChI=1S/C17H31N3O3/c1-11(2)10-14(21)19-20-17(23)15(12(3)4)18-16(22)13-8-6-5-7-9-13/h11-13,15H,5-10H2,1-4H3,(H,18,22)(H,19,21)(H,20,23). The summed E-state index contributed by atoms with van der Waals surface area (Å²) in [6.45, 7) is 7.62. The van der Waals surface area contributed by atoms with E-state index in [4.69, 9.17) is 0 Å². The lowest BCUT2D eigenvalue weighted by Crippen LogP contribution is -2.55. The van der Waals surface area contributed by atoms with Gasteiger partial charge in [-0.15, -0.1) is 0 Å². The second kappa shape index (κ2) is 9.53. The maximum Gasteiger partial charge on any atom is 0.261 e. The third kappa shape index (κ3) is 7.01. The molecule has 3 amide bonds. The average Bonchev–Trinajstić information content (AvgIpc) is 2.50. The number of amides is 3. The first-order chi connectivity index (χ1) is 10.8. The maximum atomic E-state index is 12.3. The molecule has 6 nitrogen and oxygen atoms in total. The quantitative estimate of drug-likeness (QED) is 0.652. The van der Waals surface area contributed by atoms with Crippen LogP contribution in [-0.4, -0.2) is 23.8 Å². The van der Waals surface area contributed by atoms with Crippen LogP contribution in [0.1, 0.15) is 66.2 Å². The monoisotopic (exact) mass is 325 g/mol. The number of carbonyl (C=O) groups is 3. The molecular weight excluding hydrogens is 294 g/mol. The van der Waals surface area contributed by atoms with Crippen molar-refractivity contribution < 1.29 is 14.4 Å². The lowest BCUT2D eigenvalue weighted by atomic mass is 9.88. The van der Waals surface area contributed by atoms with Crippen molar-refractivity contribution in [1.82, 2.24) is 16.2 Å². The number of nitrogens with one attached hydrogen (secondary N) is 3. The van der Waals surface area contributed by atoms with Crippen LogP contribution in [0.15, 0.2) is 0 Å². The van der Waals surface area contributed by atoms with E-state index in [2.05, 4.69) is 16.2 Å². The van der Waals surface area contributed by atoms with Crippen molar-refractivity contribution in [3.63, 3.8) is 0 Å². The van der Waals surface area contributed by atoms with Gasteiger partial charge in [-0.3, -0.25) is 25.2 Å². The van der Waals surface area contributed by atoms with E-state index in [1.807, 2.05) is 27.7 Å². The Morgan fingerprint density at radius 3 is 2.09 bits per heavy atom. The van der Waals surface area contributed by atoms with Gasteiger partial charge in [0.2, 0.25) is 11.8 Å². The highest BCUT2D eigenvalue weighted by molar-refractivity contribution is 5.90. The second-order valence-corrected chi connectivity index (χ2v) is 7.20. The molecule has 0 aromatic rings. The molecule has 1 rings (SSSR count). The number of hydrogen-bond donors (Lipinski definition) is 3. The zero-order valence-electron chi connectivity index (χ0n) is 14.8. The summed E-state index contributed by atoms with van der Waals surface area (Å²) in [6.07, 6.45) is 5.46. The maximum absolute atomic E-state index is 12.3. The van der Waals surface area contributed by atoms with Gasteiger partial charge in [-0.1, -0.05) is 47.0 Å². The predicted octanol–water partition coefficient (Wildman–Crippen LogP) is 1.90. The van der Waals surface area contributed by atoms with Gasteiger partial charge >= 0.3 is 0 Å². The molecule has 0 bridgehead atoms. The van der Waals surface area contributed by atoms with Crippen molar-refractivity contribution in [3.05, 3.63) is 0 Å². The Labute approximate surface area is 139 Å². The Balaban J connectivity index is 2.50. The zero-order chi connectivity index (χ0) is 17.4. The van der Waals surface area contributed by atoms with Crippen LogP contribution in [0.4, 0.5) is 0 Å². The van der Waals surface area contributed by atoms with Gasteiger partial charge in [0, 0.05) is 12.3 Å². The SMILES string of the molecule is CC(C)CC(=O)NNC(=O)C(NC(=O)C1CCCCC1)C(C)C. The largest absolute Gasteiger partial charge is 0.344 e. The summed E-state index contributed by atoms with van der Waals surface area (Å²) in [4.78, 5) is 36.2. The normalized spacial score (nSPS) is 17.0. The molecule has 1 unspecified atom stereocenters. The van der Waals surface area contributed by atoms with Crippen molar-refractivity contribution in [1.29, 1.82) is 0 Å². The Bertz CT molecular complexity index is 415. The first-order valence-corrected chi connectivity index (χ1v) is 8.70. The molecule has 0 aromatic heterocycles. The Morgan fingerprint density at radius 2 is 1.57 bits per heavy atom. The van der Waals surface area contributed by atoms with Crippen LogP contribution < -0.4 is 16.2 Å². The van der Waals surface area contributed by atoms with Crippen LogP contribution >= 0.6 is 0 Å². The van der Waals surface area contributed by atoms with Crippen LogP contribution in [0.25, 0.3) is 0 Å². The lowest BCUT2D eigenvalue weighted by molar-refractivity contribution is -0.134. The molecule has 0 spiro atoms. The predicted molar refractivity (Wildman–Crippen MR) is 89.1 cm³/mol. The number of hydrogen-bond acceptors (Lipinski definition) is 3. The minimum absolute atomic E-state index is 0.00771. The summed E-state index contributed by atoms with van der Waals surface area (Å²) in [5.41, 5.74) is 4.84. The molecule has 1 saturated carbocycles. The summed E-state index contributed by atoms with van der Waals surface area (Å²) in [5, 5.41) is 2.85. The number of hydrazine groups is 1. The molecule has 0 saturated heterocycles. The van der Waals surface area contributed by atoms with Crippen LogP contribution in [-0.2, 0) is 14.4 Å². The number of carbonyl (C=O) groups excluding carboxylic acids is 3. The van der Waals surface area contributed by atoms with E-state index in [9.17, 15) is 14.4 Å². The van der Waals surface area contributed by atoms with Gasteiger partial charge in [-0.2, -0.15) is 0 Å². The zero-order valence-corrected chi connectivity index (χ0v) is 14.8. The first-order valence-electron chi connectivity index (χ1n) is 8.70. The fourth-order valence-corrected chi connectivity index (χ4v) is 2.80. The molecule has 3 N–H and O–H groups in total. The van der Waals surface area contributed by atoms with Crippen LogP contribution in [0.3, 0.4) is 0 Å². The second-order valence-electron chi connectivity index (χ2n) is 7.20. The average molecular weight is 325 g/mol. The molecule has 1 aliphatic carbocycles. The highest BCUT2D eigenvalue weighted by Gasteiger charge is 2.28. The molecule has 1 fully saturated rings. The topological polar surface area (TPSA) is 87.3 Å². The summed E-state index contributed by atoms with van der Waals surface area (Å²) in [6, 6.07) is -0.635. The van der Waals surface area contributed by atoms with Crippen molar-refractivity contribution in [3.8, 4) is 0 Å². The van der Waals surface area contributed by atoms with Gasteiger partial charge in [0.15, 0.2) is 0 Å². The van der Waals surface area contributed by atoms with Crippen molar-refractivity contribution in [2.75, 3.05) is 0 Å². The number of rotatable bonds is 6. The first kappa shape index (κ1) is 19.5. The van der Waals surface area contributed by atoms with Gasteiger partial charge in [0.1, 0.15) is 6.04 Å². The molecule has 1 atom stereocenters. The Hall–Kier alpha value is -1.59. The summed E-state index contributed by atoms with van der Waals surface area (Å²) in [5.74, 6) is -0.473. The fraction of sp³-hybridized carbons (Fsp3) is 0.824. The molecule has 132 valence electrons. The minimum Gasteiger partial charge on any atom is -0.344 e. The van der Waals surface area contributed by atoms with E-state index in [-0.39, 0.29) is 35.5 Å². The lowest BCUT2D eigenvalue weighted by Gasteiger charge is -2.26. The molecule has 0 heterocycles. The molecule has 0 aromatic carbocycles. The smallest absolute Gasteiger partial charge is 0.261 e. The van der Waals surface area contributed by atoms with Gasteiger partial charge in [0.25, 0.3) is 5.91 Å². The molecule has 6 heteroatoms. The minimum atomic E-state index is -0.635. The van der Waals surface area contributed by atoms with Crippen LogP contribution in [0.2, 0.25) is 0 Å². The van der Waals surface area contributed by atoms with Crippen molar-refractivity contribution in [2.45, 2.75) is 72.3 Å². The van der Waals surface area contributed by atoms with Gasteiger partial charge < -0.3 is 5.32 Å². The molecule has 23 heavy (non-hydrogen) atoms. The van der Waals surface area contributed by atoms with Crippen molar-refractivity contribution in [2.24, 2.45) is 17.8 Å². The van der Waals surface area contributed by atoms with Gasteiger partial charge in [-0.25, -0.2) is 0 Å². The van der Waals surface area contributed by atoms with E-state index >= 15 is 0 Å². The van der Waals surface area contributed by atoms with Crippen LogP contribution in [0, 0.1) is 17.8 Å². The van der Waals surface area contributed by atoms with E-state index in [1.165, 1.54) is 6.42 Å². The fourth-order valence-electron chi connectivity index (χ4n) is 2.80. The Kier molecular flexibility index (Phi) is 8.06.